The van der Waals surface area contributed by atoms with Crippen molar-refractivity contribution in [1.82, 2.24) is 16.0 Å². The van der Waals surface area contributed by atoms with Crippen LogP contribution in [0.5, 0.6) is 0 Å². The average molecular weight is 455 g/mol. The van der Waals surface area contributed by atoms with E-state index in [2.05, 4.69) is 16.0 Å². The quantitative estimate of drug-likeness (QED) is 0.170. The molecule has 0 heterocycles. The molecular formula is C25H38N6O2. The van der Waals surface area contributed by atoms with Gasteiger partial charge in [-0.25, -0.2) is 0 Å². The van der Waals surface area contributed by atoms with Crippen LogP contribution >= 0.6 is 0 Å². The van der Waals surface area contributed by atoms with Gasteiger partial charge in [-0.05, 0) is 74.7 Å². The molecule has 4 saturated carbocycles. The lowest BCUT2D eigenvalue weighted by molar-refractivity contribution is -0.130. The van der Waals surface area contributed by atoms with E-state index in [1.807, 2.05) is 30.3 Å². The summed E-state index contributed by atoms with van der Waals surface area (Å²) in [6.45, 7) is 0.533. The van der Waals surface area contributed by atoms with Crippen LogP contribution in [0.1, 0.15) is 56.9 Å². The maximum absolute atomic E-state index is 13.4. The molecular weight excluding hydrogens is 416 g/mol. The molecule has 0 saturated heterocycles. The molecule has 8 N–H and O–H groups in total. The van der Waals surface area contributed by atoms with Crippen LogP contribution < -0.4 is 27.4 Å². The van der Waals surface area contributed by atoms with E-state index in [1.165, 1.54) is 19.3 Å². The summed E-state index contributed by atoms with van der Waals surface area (Å²) in [6, 6.07) is 8.44. The molecule has 0 radical (unpaired) electrons. The largest absolute Gasteiger partial charge is 0.370 e. The third-order valence-corrected chi connectivity index (χ3v) is 7.76. The molecule has 33 heavy (non-hydrogen) atoms. The zero-order chi connectivity index (χ0) is 23.4. The number of carbonyl (C=O) groups excluding carboxylic acids is 2. The normalized spacial score (nSPS) is 29.3. The van der Waals surface area contributed by atoms with E-state index in [9.17, 15) is 9.59 Å². The highest BCUT2D eigenvalue weighted by Crippen LogP contribution is 2.55. The van der Waals surface area contributed by atoms with Gasteiger partial charge >= 0.3 is 0 Å². The van der Waals surface area contributed by atoms with Crippen molar-refractivity contribution in [3.05, 3.63) is 35.9 Å². The predicted molar refractivity (Wildman–Crippen MR) is 128 cm³/mol. The Kier molecular flexibility index (Phi) is 7.22. The van der Waals surface area contributed by atoms with Crippen molar-refractivity contribution in [2.75, 3.05) is 6.54 Å². The lowest BCUT2D eigenvalue weighted by atomic mass is 9.53. The topological polar surface area (TPSA) is 146 Å². The molecule has 0 aromatic heterocycles. The molecule has 5 rings (SSSR count). The number of nitrogens with one attached hydrogen (secondary N) is 4. The van der Waals surface area contributed by atoms with Crippen LogP contribution in [-0.2, 0) is 16.0 Å². The minimum Gasteiger partial charge on any atom is -0.370 e. The average Bonchev–Trinajstić information content (AvgIpc) is 2.74. The number of nitrogens with two attached hydrogens (primary N) is 2. The Bertz CT molecular complexity index is 822. The second-order valence-electron chi connectivity index (χ2n) is 10.5. The molecule has 4 bridgehead atoms. The summed E-state index contributed by atoms with van der Waals surface area (Å²) in [5.74, 6) is 1.53. The summed E-state index contributed by atoms with van der Waals surface area (Å²) < 4.78 is 0. The number of carbonyl (C=O) groups is 2. The molecule has 180 valence electrons. The number of guanidine groups is 1. The van der Waals surface area contributed by atoms with Gasteiger partial charge in [0.05, 0.1) is 6.04 Å². The molecule has 0 unspecified atom stereocenters. The van der Waals surface area contributed by atoms with E-state index in [0.717, 1.165) is 42.6 Å². The van der Waals surface area contributed by atoms with Gasteiger partial charge in [0, 0.05) is 18.5 Å². The van der Waals surface area contributed by atoms with Gasteiger partial charge in [-0.3, -0.25) is 15.0 Å². The first-order valence-corrected chi connectivity index (χ1v) is 12.3. The smallest absolute Gasteiger partial charge is 0.240 e. The Balaban J connectivity index is 1.44. The first-order valence-electron chi connectivity index (χ1n) is 12.3. The number of benzene rings is 1. The van der Waals surface area contributed by atoms with Gasteiger partial charge in [0.2, 0.25) is 11.8 Å². The molecule has 8 nitrogen and oxygen atoms in total. The van der Waals surface area contributed by atoms with Crippen LogP contribution in [0.2, 0.25) is 0 Å². The first kappa shape index (κ1) is 23.5. The summed E-state index contributed by atoms with van der Waals surface area (Å²) in [5.41, 5.74) is 12.0. The zero-order valence-corrected chi connectivity index (χ0v) is 19.3. The van der Waals surface area contributed by atoms with Gasteiger partial charge in [-0.15, -0.1) is 0 Å². The third-order valence-electron chi connectivity index (χ3n) is 7.76. The molecule has 1 aromatic rings. The van der Waals surface area contributed by atoms with Gasteiger partial charge in [0.25, 0.3) is 0 Å². The minimum atomic E-state index is -0.754. The highest BCUT2D eigenvalue weighted by molar-refractivity contribution is 5.89. The van der Waals surface area contributed by atoms with Crippen LogP contribution in [0.15, 0.2) is 30.3 Å². The first-order chi connectivity index (χ1) is 15.8. The monoisotopic (exact) mass is 454 g/mol. The molecule has 4 fully saturated rings. The molecule has 2 atom stereocenters. The van der Waals surface area contributed by atoms with Crippen LogP contribution in [0.3, 0.4) is 0 Å². The molecule has 2 amide bonds. The van der Waals surface area contributed by atoms with Gasteiger partial charge in [0.1, 0.15) is 6.04 Å². The van der Waals surface area contributed by atoms with Crippen molar-refractivity contribution < 1.29 is 9.59 Å². The summed E-state index contributed by atoms with van der Waals surface area (Å²) in [5, 5.41) is 16.9. The zero-order valence-electron chi connectivity index (χ0n) is 19.3. The maximum Gasteiger partial charge on any atom is 0.240 e. The Morgan fingerprint density at radius 2 is 1.61 bits per heavy atom. The van der Waals surface area contributed by atoms with E-state index in [-0.39, 0.29) is 17.4 Å². The van der Waals surface area contributed by atoms with Gasteiger partial charge in [-0.2, -0.15) is 0 Å². The standard InChI is InChI=1S/C25H38N6O2/c26-22(32)21(12-16-5-2-1-3-6-16)30-23(33)20(7-4-8-29-24(27)28)31-25-13-17-9-18(14-25)11-19(10-17)15-25/h1-3,5-6,17-21,31H,4,7-15H2,(H2,26,32)(H,30,33)(H4,27,28,29)/t17?,18?,19?,20-,21-,25?/m0/s1. The fourth-order valence-corrected chi connectivity index (χ4v) is 6.80. The Morgan fingerprint density at radius 3 is 2.15 bits per heavy atom. The van der Waals surface area contributed by atoms with Crippen molar-refractivity contribution in [3.63, 3.8) is 0 Å². The van der Waals surface area contributed by atoms with E-state index in [1.54, 1.807) is 0 Å². The number of primary amides is 1. The van der Waals surface area contributed by atoms with E-state index >= 15 is 0 Å². The van der Waals surface area contributed by atoms with Crippen molar-refractivity contribution >= 4 is 17.8 Å². The highest BCUT2D eigenvalue weighted by Gasteiger charge is 2.51. The van der Waals surface area contributed by atoms with Crippen LogP contribution in [0, 0.1) is 23.2 Å². The fourth-order valence-electron chi connectivity index (χ4n) is 6.80. The van der Waals surface area contributed by atoms with Gasteiger partial charge in [0.15, 0.2) is 5.96 Å². The molecule has 4 aliphatic rings. The second-order valence-corrected chi connectivity index (χ2v) is 10.5. The van der Waals surface area contributed by atoms with E-state index < -0.39 is 18.0 Å². The summed E-state index contributed by atoms with van der Waals surface area (Å²) in [6.07, 6.45) is 9.08. The van der Waals surface area contributed by atoms with Crippen molar-refractivity contribution in [3.8, 4) is 0 Å². The number of hydrogen-bond donors (Lipinski definition) is 6. The number of hydrogen-bond acceptors (Lipinski definition) is 4. The lowest BCUT2D eigenvalue weighted by Crippen LogP contribution is -2.64. The SMILES string of the molecule is N=C(N)NCCC[C@H](NC12CC3CC(CC(C3)C1)C2)C(=O)N[C@@H](Cc1ccccc1)C(N)=O. The highest BCUT2D eigenvalue weighted by atomic mass is 16.2. The Hall–Kier alpha value is -2.61. The lowest BCUT2D eigenvalue weighted by Gasteiger charge is -2.58. The summed E-state index contributed by atoms with van der Waals surface area (Å²) in [4.78, 5) is 25.6. The number of amides is 2. The molecule has 0 spiro atoms. The van der Waals surface area contributed by atoms with E-state index in [4.69, 9.17) is 16.9 Å². The van der Waals surface area contributed by atoms with Crippen LogP contribution in [-0.4, -0.2) is 41.9 Å². The van der Waals surface area contributed by atoms with Crippen LogP contribution in [0.4, 0.5) is 0 Å². The fraction of sp³-hybridized carbons (Fsp3) is 0.640. The van der Waals surface area contributed by atoms with Gasteiger partial charge < -0.3 is 27.4 Å². The molecule has 0 aliphatic heterocycles. The molecule has 4 aliphatic carbocycles. The van der Waals surface area contributed by atoms with Crippen molar-refractivity contribution in [1.29, 1.82) is 5.41 Å². The summed E-state index contributed by atoms with van der Waals surface area (Å²) >= 11 is 0. The summed E-state index contributed by atoms with van der Waals surface area (Å²) in [7, 11) is 0. The van der Waals surface area contributed by atoms with E-state index in [0.29, 0.717) is 25.8 Å². The molecule has 8 heteroatoms. The number of rotatable bonds is 11. The van der Waals surface area contributed by atoms with Crippen molar-refractivity contribution in [2.24, 2.45) is 29.2 Å². The van der Waals surface area contributed by atoms with Crippen molar-refractivity contribution in [2.45, 2.75) is 75.4 Å². The Morgan fingerprint density at radius 1 is 1.00 bits per heavy atom. The van der Waals surface area contributed by atoms with Gasteiger partial charge in [-0.1, -0.05) is 30.3 Å². The maximum atomic E-state index is 13.4. The Labute approximate surface area is 196 Å². The molecule has 1 aromatic carbocycles. The second kappa shape index (κ2) is 10.1. The predicted octanol–water partition coefficient (Wildman–Crippen LogP) is 1.39. The van der Waals surface area contributed by atoms with Crippen LogP contribution in [0.25, 0.3) is 0 Å². The third kappa shape index (κ3) is 6.05. The minimum absolute atomic E-state index is 0.0202.